The Balaban J connectivity index is 1.99. The molecule has 202 valence electrons. The van der Waals surface area contributed by atoms with Crippen molar-refractivity contribution in [1.29, 1.82) is 0 Å². The van der Waals surface area contributed by atoms with Crippen molar-refractivity contribution in [1.82, 2.24) is 10.2 Å². The minimum absolute atomic E-state index is 0.0160. The number of ether oxygens (including phenoxy) is 1. The molecule has 0 aliphatic carbocycles. The van der Waals surface area contributed by atoms with Crippen molar-refractivity contribution >= 4 is 43.5 Å². The van der Waals surface area contributed by atoms with Gasteiger partial charge in [-0.05, 0) is 67.4 Å². The molecule has 2 amide bonds. The maximum atomic E-state index is 13.8. The number of rotatable bonds is 12. The lowest BCUT2D eigenvalue weighted by atomic mass is 10.1. The molecule has 1 N–H and O–H groups in total. The number of anilines is 1. The van der Waals surface area contributed by atoms with Gasteiger partial charge < -0.3 is 15.0 Å². The van der Waals surface area contributed by atoms with E-state index in [0.29, 0.717) is 18.0 Å². The summed E-state index contributed by atoms with van der Waals surface area (Å²) in [6.45, 7) is 3.70. The first kappa shape index (κ1) is 29.2. The standard InChI is InChI=1S/C28H32BrN3O5S/c1-4-17-30-28(34)21(2)31(19-22-9-8-10-23(29)18-22)27(33)20-32(24-11-6-5-7-12-24)38(35,36)26-15-13-25(37-3)14-16-26/h5-16,18,21H,4,17,19-20H2,1-3H3,(H,30,34). The monoisotopic (exact) mass is 601 g/mol. The zero-order valence-electron chi connectivity index (χ0n) is 21.6. The van der Waals surface area contributed by atoms with Crippen LogP contribution in [0.2, 0.25) is 0 Å². The summed E-state index contributed by atoms with van der Waals surface area (Å²) < 4.78 is 34.6. The number of carbonyl (C=O) groups is 2. The number of hydrogen-bond acceptors (Lipinski definition) is 5. The van der Waals surface area contributed by atoms with Gasteiger partial charge in [-0.15, -0.1) is 0 Å². The molecule has 3 aromatic rings. The Bertz CT molecular complexity index is 1330. The molecule has 0 aliphatic heterocycles. The van der Waals surface area contributed by atoms with Gasteiger partial charge in [-0.1, -0.05) is 53.2 Å². The van der Waals surface area contributed by atoms with Gasteiger partial charge in [0.25, 0.3) is 10.0 Å². The highest BCUT2D eigenvalue weighted by molar-refractivity contribution is 9.10. The Morgan fingerprint density at radius 2 is 1.68 bits per heavy atom. The van der Waals surface area contributed by atoms with Gasteiger partial charge in [0.05, 0.1) is 17.7 Å². The molecule has 10 heteroatoms. The van der Waals surface area contributed by atoms with Crippen LogP contribution in [0.5, 0.6) is 5.75 Å². The summed E-state index contributed by atoms with van der Waals surface area (Å²) in [5.74, 6) is -0.303. The summed E-state index contributed by atoms with van der Waals surface area (Å²) in [4.78, 5) is 28.1. The maximum absolute atomic E-state index is 13.8. The third-order valence-corrected chi connectivity index (χ3v) is 8.21. The van der Waals surface area contributed by atoms with Gasteiger partial charge in [0, 0.05) is 17.6 Å². The largest absolute Gasteiger partial charge is 0.497 e. The second-order valence-electron chi connectivity index (χ2n) is 8.64. The SMILES string of the molecule is CCCNC(=O)C(C)N(Cc1cccc(Br)c1)C(=O)CN(c1ccccc1)S(=O)(=O)c1ccc(OC)cc1. The Morgan fingerprint density at radius 3 is 2.29 bits per heavy atom. The van der Waals surface area contributed by atoms with Crippen LogP contribution < -0.4 is 14.4 Å². The summed E-state index contributed by atoms with van der Waals surface area (Å²) in [6, 6.07) is 21.0. The zero-order valence-corrected chi connectivity index (χ0v) is 24.0. The maximum Gasteiger partial charge on any atom is 0.264 e. The lowest BCUT2D eigenvalue weighted by molar-refractivity contribution is -0.139. The van der Waals surface area contributed by atoms with Gasteiger partial charge in [0.1, 0.15) is 18.3 Å². The lowest BCUT2D eigenvalue weighted by Gasteiger charge is -2.32. The number of amides is 2. The number of para-hydroxylation sites is 1. The lowest BCUT2D eigenvalue weighted by Crippen LogP contribution is -2.51. The van der Waals surface area contributed by atoms with E-state index in [1.54, 1.807) is 49.4 Å². The van der Waals surface area contributed by atoms with Gasteiger partial charge in [0.15, 0.2) is 0 Å². The highest BCUT2D eigenvalue weighted by Crippen LogP contribution is 2.26. The van der Waals surface area contributed by atoms with E-state index in [9.17, 15) is 18.0 Å². The summed E-state index contributed by atoms with van der Waals surface area (Å²) in [5.41, 5.74) is 1.13. The molecule has 0 aromatic heterocycles. The van der Waals surface area contributed by atoms with E-state index < -0.39 is 28.5 Å². The Kier molecular flexibility index (Phi) is 10.3. The van der Waals surface area contributed by atoms with Crippen molar-refractivity contribution in [3.63, 3.8) is 0 Å². The van der Waals surface area contributed by atoms with Gasteiger partial charge >= 0.3 is 0 Å². The van der Waals surface area contributed by atoms with Crippen molar-refractivity contribution < 1.29 is 22.7 Å². The molecular weight excluding hydrogens is 570 g/mol. The van der Waals surface area contributed by atoms with Gasteiger partial charge in [-0.3, -0.25) is 13.9 Å². The van der Waals surface area contributed by atoms with Gasteiger partial charge in [0.2, 0.25) is 11.8 Å². The highest BCUT2D eigenvalue weighted by atomic mass is 79.9. The van der Waals surface area contributed by atoms with E-state index in [1.807, 2.05) is 31.2 Å². The van der Waals surface area contributed by atoms with Crippen LogP contribution in [0.15, 0.2) is 88.2 Å². The van der Waals surface area contributed by atoms with Crippen molar-refractivity contribution in [2.75, 3.05) is 24.5 Å². The molecule has 38 heavy (non-hydrogen) atoms. The molecule has 0 saturated carbocycles. The predicted molar refractivity (Wildman–Crippen MR) is 151 cm³/mol. The topological polar surface area (TPSA) is 96.0 Å². The summed E-state index contributed by atoms with van der Waals surface area (Å²) in [5, 5.41) is 2.83. The predicted octanol–water partition coefficient (Wildman–Crippen LogP) is 4.60. The van der Waals surface area contributed by atoms with Crippen molar-refractivity contribution in [2.45, 2.75) is 37.8 Å². The van der Waals surface area contributed by atoms with E-state index in [2.05, 4.69) is 21.2 Å². The average molecular weight is 603 g/mol. The first-order valence-corrected chi connectivity index (χ1v) is 14.4. The quantitative estimate of drug-likeness (QED) is 0.327. The molecule has 1 atom stereocenters. The molecular formula is C28H32BrN3O5S. The van der Waals surface area contributed by atoms with E-state index in [1.165, 1.54) is 24.1 Å². The van der Waals surface area contributed by atoms with Crippen LogP contribution in [0.25, 0.3) is 0 Å². The molecule has 0 saturated heterocycles. The molecule has 8 nitrogen and oxygen atoms in total. The zero-order chi connectivity index (χ0) is 27.7. The van der Waals surface area contributed by atoms with E-state index in [-0.39, 0.29) is 17.3 Å². The molecule has 0 fully saturated rings. The van der Waals surface area contributed by atoms with Crippen LogP contribution in [-0.2, 0) is 26.2 Å². The highest BCUT2D eigenvalue weighted by Gasteiger charge is 2.32. The number of nitrogens with one attached hydrogen (secondary N) is 1. The van der Waals surface area contributed by atoms with E-state index in [4.69, 9.17) is 4.74 Å². The minimum atomic E-state index is -4.13. The number of halogens is 1. The van der Waals surface area contributed by atoms with E-state index >= 15 is 0 Å². The molecule has 0 radical (unpaired) electrons. The summed E-state index contributed by atoms with van der Waals surface area (Å²) >= 11 is 3.44. The Labute approximate surface area is 232 Å². The number of carbonyl (C=O) groups excluding carboxylic acids is 2. The fraction of sp³-hybridized carbons (Fsp3) is 0.286. The number of hydrogen-bond donors (Lipinski definition) is 1. The number of methoxy groups -OCH3 is 1. The smallest absolute Gasteiger partial charge is 0.264 e. The molecule has 0 aliphatic rings. The van der Waals surface area contributed by atoms with Crippen LogP contribution in [0, 0.1) is 0 Å². The molecule has 0 spiro atoms. The van der Waals surface area contributed by atoms with Crippen LogP contribution in [0.1, 0.15) is 25.8 Å². The second-order valence-corrected chi connectivity index (χ2v) is 11.4. The first-order valence-electron chi connectivity index (χ1n) is 12.2. The number of sulfonamides is 1. The Morgan fingerprint density at radius 1 is 1.00 bits per heavy atom. The first-order chi connectivity index (χ1) is 18.2. The summed E-state index contributed by atoms with van der Waals surface area (Å²) in [6.07, 6.45) is 0.750. The minimum Gasteiger partial charge on any atom is -0.497 e. The fourth-order valence-corrected chi connectivity index (χ4v) is 5.67. The molecule has 3 rings (SSSR count). The van der Waals surface area contributed by atoms with E-state index in [0.717, 1.165) is 20.8 Å². The van der Waals surface area contributed by atoms with Crippen molar-refractivity contribution in [2.24, 2.45) is 0 Å². The van der Waals surface area contributed by atoms with Crippen LogP contribution >= 0.6 is 15.9 Å². The molecule has 1 unspecified atom stereocenters. The van der Waals surface area contributed by atoms with Gasteiger partial charge in [-0.25, -0.2) is 8.42 Å². The normalized spacial score (nSPS) is 11.9. The number of nitrogens with zero attached hydrogens (tertiary/aromatic N) is 2. The van der Waals surface area contributed by atoms with Crippen molar-refractivity contribution in [3.05, 3.63) is 88.9 Å². The molecule has 0 bridgehead atoms. The van der Waals surface area contributed by atoms with Crippen LogP contribution in [0.4, 0.5) is 5.69 Å². The van der Waals surface area contributed by atoms with Gasteiger partial charge in [-0.2, -0.15) is 0 Å². The van der Waals surface area contributed by atoms with Crippen LogP contribution in [0.3, 0.4) is 0 Å². The second kappa shape index (κ2) is 13.4. The number of benzene rings is 3. The Hall–Kier alpha value is -3.37. The molecule has 0 heterocycles. The third kappa shape index (κ3) is 7.35. The average Bonchev–Trinajstić information content (AvgIpc) is 2.93. The van der Waals surface area contributed by atoms with Crippen LogP contribution in [-0.4, -0.2) is 51.4 Å². The summed E-state index contributed by atoms with van der Waals surface area (Å²) in [7, 11) is -2.63. The van der Waals surface area contributed by atoms with Crippen molar-refractivity contribution in [3.8, 4) is 5.75 Å². The third-order valence-electron chi connectivity index (χ3n) is 5.93. The molecule has 3 aromatic carbocycles. The fourth-order valence-electron chi connectivity index (χ4n) is 3.81.